The molecule has 1 unspecified atom stereocenters. The molecule has 2 aromatic carbocycles. The predicted molar refractivity (Wildman–Crippen MR) is 105 cm³/mol. The monoisotopic (exact) mass is 390 g/mol. The van der Waals surface area contributed by atoms with Crippen molar-refractivity contribution in [3.63, 3.8) is 0 Å². The van der Waals surface area contributed by atoms with Crippen LogP contribution in [0.4, 0.5) is 5.69 Å². The zero-order chi connectivity index (χ0) is 18.6. The van der Waals surface area contributed by atoms with E-state index in [1.807, 2.05) is 30.5 Å². The molecule has 1 aliphatic heterocycles. The highest BCUT2D eigenvalue weighted by Crippen LogP contribution is 2.28. The lowest BCUT2D eigenvalue weighted by molar-refractivity contribution is -0.120. The van der Waals surface area contributed by atoms with E-state index >= 15 is 0 Å². The number of thioether (sulfide) groups is 1. The summed E-state index contributed by atoms with van der Waals surface area (Å²) in [5.74, 6) is -0.475. The summed E-state index contributed by atoms with van der Waals surface area (Å²) in [6.07, 6.45) is 3.32. The third-order valence-corrected chi connectivity index (χ3v) is 7.18. The standard InChI is InChI=1S/C19H22N2O3S2/c1-25-18-12-6-5-11-17(18)20-19(22)15-8-7-13-21(14-15)26(23,24)16-9-3-2-4-10-16/h2-6,9-12,15H,7-8,13-14H2,1H3,(H,20,22). The number of carbonyl (C=O) groups is 1. The van der Waals surface area contributed by atoms with Crippen LogP contribution in [0, 0.1) is 5.92 Å². The molecular weight excluding hydrogens is 368 g/mol. The highest BCUT2D eigenvalue weighted by atomic mass is 32.2. The summed E-state index contributed by atoms with van der Waals surface area (Å²) in [6.45, 7) is 0.660. The van der Waals surface area contributed by atoms with Crippen LogP contribution in [0.2, 0.25) is 0 Å². The van der Waals surface area contributed by atoms with Gasteiger partial charge in [-0.25, -0.2) is 8.42 Å². The number of sulfonamides is 1. The largest absolute Gasteiger partial charge is 0.325 e. The molecule has 0 radical (unpaired) electrons. The average Bonchev–Trinajstić information content (AvgIpc) is 2.69. The number of hydrogen-bond acceptors (Lipinski definition) is 4. The third-order valence-electron chi connectivity index (χ3n) is 4.50. The van der Waals surface area contributed by atoms with Gasteiger partial charge in [0.05, 0.1) is 16.5 Å². The van der Waals surface area contributed by atoms with E-state index in [2.05, 4.69) is 5.32 Å². The summed E-state index contributed by atoms with van der Waals surface area (Å²) in [6, 6.07) is 16.0. The first kappa shape index (κ1) is 18.9. The number of nitrogens with zero attached hydrogens (tertiary/aromatic N) is 1. The fraction of sp³-hybridized carbons (Fsp3) is 0.316. The predicted octanol–water partition coefficient (Wildman–Crippen LogP) is 3.45. The Morgan fingerprint density at radius 1 is 1.12 bits per heavy atom. The molecule has 1 atom stereocenters. The molecule has 138 valence electrons. The average molecular weight is 391 g/mol. The molecule has 3 rings (SSSR count). The summed E-state index contributed by atoms with van der Waals surface area (Å²) in [5, 5.41) is 2.96. The first-order valence-electron chi connectivity index (χ1n) is 8.51. The number of amides is 1. The minimum Gasteiger partial charge on any atom is -0.325 e. The number of rotatable bonds is 5. The van der Waals surface area contributed by atoms with Gasteiger partial charge in [0.15, 0.2) is 0 Å². The van der Waals surface area contributed by atoms with E-state index in [4.69, 9.17) is 0 Å². The Bertz CT molecular complexity index is 869. The molecule has 5 nitrogen and oxygen atoms in total. The van der Waals surface area contributed by atoms with Gasteiger partial charge in [0, 0.05) is 18.0 Å². The number of carbonyl (C=O) groups excluding carboxylic acids is 1. The van der Waals surface area contributed by atoms with Crippen molar-refractivity contribution in [2.45, 2.75) is 22.6 Å². The van der Waals surface area contributed by atoms with Gasteiger partial charge in [-0.2, -0.15) is 4.31 Å². The zero-order valence-corrected chi connectivity index (χ0v) is 16.2. The molecule has 7 heteroatoms. The van der Waals surface area contributed by atoms with Gasteiger partial charge in [-0.1, -0.05) is 30.3 Å². The van der Waals surface area contributed by atoms with Gasteiger partial charge in [-0.3, -0.25) is 4.79 Å². The maximum Gasteiger partial charge on any atom is 0.243 e. The second kappa shape index (κ2) is 8.24. The Kier molecular flexibility index (Phi) is 6.01. The van der Waals surface area contributed by atoms with E-state index in [-0.39, 0.29) is 23.3 Å². The highest BCUT2D eigenvalue weighted by molar-refractivity contribution is 7.98. The van der Waals surface area contributed by atoms with Gasteiger partial charge in [0.2, 0.25) is 15.9 Å². The van der Waals surface area contributed by atoms with Crippen LogP contribution in [-0.4, -0.2) is 38.0 Å². The summed E-state index contributed by atoms with van der Waals surface area (Å²) in [5.41, 5.74) is 0.771. The molecule has 1 heterocycles. The van der Waals surface area contributed by atoms with E-state index in [9.17, 15) is 13.2 Å². The second-order valence-corrected chi connectivity index (χ2v) is 8.99. The lowest BCUT2D eigenvalue weighted by Gasteiger charge is -2.31. The van der Waals surface area contributed by atoms with Crippen molar-refractivity contribution in [2.24, 2.45) is 5.92 Å². The van der Waals surface area contributed by atoms with Crippen LogP contribution in [0.5, 0.6) is 0 Å². The lowest BCUT2D eigenvalue weighted by atomic mass is 9.99. The Morgan fingerprint density at radius 2 is 1.81 bits per heavy atom. The smallest absolute Gasteiger partial charge is 0.243 e. The van der Waals surface area contributed by atoms with Gasteiger partial charge in [0.1, 0.15) is 0 Å². The van der Waals surface area contributed by atoms with Gasteiger partial charge in [-0.05, 0) is 43.4 Å². The molecule has 2 aromatic rings. The molecule has 0 aromatic heterocycles. The summed E-state index contributed by atoms with van der Waals surface area (Å²) in [7, 11) is -3.56. The molecule has 26 heavy (non-hydrogen) atoms. The van der Waals surface area contributed by atoms with Gasteiger partial charge in [0.25, 0.3) is 0 Å². The topological polar surface area (TPSA) is 66.5 Å². The molecule has 0 bridgehead atoms. The number of piperidine rings is 1. The normalized spacial score (nSPS) is 18.4. The highest BCUT2D eigenvalue weighted by Gasteiger charge is 2.33. The van der Waals surface area contributed by atoms with Crippen molar-refractivity contribution in [1.29, 1.82) is 0 Å². The van der Waals surface area contributed by atoms with E-state index in [1.165, 1.54) is 4.31 Å². The van der Waals surface area contributed by atoms with Gasteiger partial charge < -0.3 is 5.32 Å². The van der Waals surface area contributed by atoms with Crippen molar-refractivity contribution in [3.8, 4) is 0 Å². The Morgan fingerprint density at radius 3 is 2.54 bits per heavy atom. The fourth-order valence-corrected chi connectivity index (χ4v) is 5.20. The SMILES string of the molecule is CSc1ccccc1NC(=O)C1CCCN(S(=O)(=O)c2ccccc2)C1. The lowest BCUT2D eigenvalue weighted by Crippen LogP contribution is -2.43. The number of nitrogens with one attached hydrogen (secondary N) is 1. The van der Waals surface area contributed by atoms with Crippen LogP contribution in [0.25, 0.3) is 0 Å². The number of para-hydroxylation sites is 1. The third kappa shape index (κ3) is 4.11. The maximum atomic E-state index is 12.8. The van der Waals surface area contributed by atoms with Crippen LogP contribution < -0.4 is 5.32 Å². The molecular formula is C19H22N2O3S2. The molecule has 1 fully saturated rings. The van der Waals surface area contributed by atoms with Crippen LogP contribution in [-0.2, 0) is 14.8 Å². The Labute approximate surface area is 158 Å². The number of benzene rings is 2. The van der Waals surface area contributed by atoms with Crippen molar-refractivity contribution in [2.75, 3.05) is 24.7 Å². The first-order chi connectivity index (χ1) is 12.5. The van der Waals surface area contributed by atoms with Gasteiger partial charge in [-0.15, -0.1) is 11.8 Å². The van der Waals surface area contributed by atoms with E-state index in [0.29, 0.717) is 19.4 Å². The van der Waals surface area contributed by atoms with Crippen LogP contribution >= 0.6 is 11.8 Å². The van der Waals surface area contributed by atoms with E-state index in [0.717, 1.165) is 10.6 Å². The number of hydrogen-bond donors (Lipinski definition) is 1. The van der Waals surface area contributed by atoms with Gasteiger partial charge >= 0.3 is 0 Å². The summed E-state index contributed by atoms with van der Waals surface area (Å²) in [4.78, 5) is 14.0. The van der Waals surface area contributed by atoms with Crippen molar-refractivity contribution in [1.82, 2.24) is 4.31 Å². The quantitative estimate of drug-likeness (QED) is 0.794. The van der Waals surface area contributed by atoms with Crippen LogP contribution in [0.3, 0.4) is 0 Å². The molecule has 1 amide bonds. The summed E-state index contributed by atoms with van der Waals surface area (Å²) < 4.78 is 27.0. The minimum absolute atomic E-state index is 0.125. The van der Waals surface area contributed by atoms with Crippen molar-refractivity contribution < 1.29 is 13.2 Å². The Balaban J connectivity index is 1.73. The zero-order valence-electron chi connectivity index (χ0n) is 14.6. The summed E-state index contributed by atoms with van der Waals surface area (Å²) >= 11 is 1.57. The molecule has 1 N–H and O–H groups in total. The van der Waals surface area contributed by atoms with Crippen LogP contribution in [0.1, 0.15) is 12.8 Å². The molecule has 0 spiro atoms. The minimum atomic E-state index is -3.56. The van der Waals surface area contributed by atoms with Crippen LogP contribution in [0.15, 0.2) is 64.4 Å². The van der Waals surface area contributed by atoms with Crippen molar-refractivity contribution in [3.05, 3.63) is 54.6 Å². The molecule has 0 saturated carbocycles. The molecule has 1 saturated heterocycles. The second-order valence-electron chi connectivity index (χ2n) is 6.20. The van der Waals surface area contributed by atoms with E-state index < -0.39 is 10.0 Å². The fourth-order valence-electron chi connectivity index (χ4n) is 3.10. The maximum absolute atomic E-state index is 12.8. The van der Waals surface area contributed by atoms with Crippen molar-refractivity contribution >= 4 is 33.4 Å². The first-order valence-corrected chi connectivity index (χ1v) is 11.2. The molecule has 0 aliphatic carbocycles. The molecule has 1 aliphatic rings. The van der Waals surface area contributed by atoms with E-state index in [1.54, 1.807) is 42.1 Å². The Hall–Kier alpha value is -1.83. The number of anilines is 1.